The lowest BCUT2D eigenvalue weighted by Crippen LogP contribution is -1.93. The summed E-state index contributed by atoms with van der Waals surface area (Å²) in [6, 6.07) is 7.51. The van der Waals surface area contributed by atoms with Crippen molar-refractivity contribution < 1.29 is 5.11 Å². The van der Waals surface area contributed by atoms with Crippen LogP contribution in [0, 0.1) is 0 Å². The van der Waals surface area contributed by atoms with Crippen molar-refractivity contribution in [2.24, 2.45) is 0 Å². The summed E-state index contributed by atoms with van der Waals surface area (Å²) in [4.78, 5) is 0. The van der Waals surface area contributed by atoms with Gasteiger partial charge in [0, 0.05) is 18.3 Å². The molecule has 0 fully saturated rings. The maximum absolute atomic E-state index is 10.5. The van der Waals surface area contributed by atoms with Gasteiger partial charge in [0.2, 0.25) is 0 Å². The van der Waals surface area contributed by atoms with Gasteiger partial charge >= 0.3 is 0 Å². The minimum atomic E-state index is -0.156. The van der Waals surface area contributed by atoms with E-state index < -0.39 is 0 Å². The van der Waals surface area contributed by atoms with Gasteiger partial charge in [-0.15, -0.1) is 0 Å². The largest absolute Gasteiger partial charge is 0.388 e. The maximum Gasteiger partial charge on any atom is 0.109 e. The first kappa shape index (κ1) is 7.09. The highest BCUT2D eigenvalue weighted by Crippen LogP contribution is 2.13. The molecule has 1 radical (unpaired) electrons. The van der Waals surface area contributed by atoms with Crippen molar-refractivity contribution in [3.8, 4) is 0 Å². The van der Waals surface area contributed by atoms with Crippen molar-refractivity contribution in [2.75, 3.05) is 12.4 Å². The number of anilines is 1. The topological polar surface area (TPSA) is 31.9 Å². The van der Waals surface area contributed by atoms with E-state index in [9.17, 15) is 5.11 Å². The highest BCUT2D eigenvalue weighted by atomic mass is 16.3. The second kappa shape index (κ2) is 3.22. The van der Waals surface area contributed by atoms with Crippen LogP contribution in [0.4, 0.5) is 5.69 Å². The number of para-hydroxylation sites is 1. The number of hydrogen-bond acceptors (Lipinski definition) is 1. The summed E-state index contributed by atoms with van der Waals surface area (Å²) in [5.74, 6) is 0. The molecule has 1 N–H and O–H groups in total. The molecule has 0 saturated carbocycles. The van der Waals surface area contributed by atoms with Crippen molar-refractivity contribution in [1.82, 2.24) is 0 Å². The molecule has 0 spiro atoms. The molecule has 0 heterocycles. The number of benzene rings is 1. The SMILES string of the molecule is CNc1ccccc1C[O]. The zero-order chi connectivity index (χ0) is 7.40. The monoisotopic (exact) mass is 136 g/mol. The fraction of sp³-hybridized carbons (Fsp3) is 0.250. The van der Waals surface area contributed by atoms with E-state index in [0.29, 0.717) is 0 Å². The van der Waals surface area contributed by atoms with Gasteiger partial charge in [-0.1, -0.05) is 18.2 Å². The minimum Gasteiger partial charge on any atom is -0.388 e. The molecule has 0 amide bonds. The second-order valence-electron chi connectivity index (χ2n) is 2.05. The Labute approximate surface area is 60.5 Å². The summed E-state index contributed by atoms with van der Waals surface area (Å²) in [6.45, 7) is -0.156. The third kappa shape index (κ3) is 1.28. The Hall–Kier alpha value is -1.02. The van der Waals surface area contributed by atoms with E-state index in [4.69, 9.17) is 0 Å². The number of hydrogen-bond donors (Lipinski definition) is 1. The Balaban J connectivity index is 2.96. The van der Waals surface area contributed by atoms with Crippen LogP contribution in [0.2, 0.25) is 0 Å². The van der Waals surface area contributed by atoms with Crippen LogP contribution in [0.1, 0.15) is 5.56 Å². The van der Waals surface area contributed by atoms with Crippen LogP contribution in [-0.4, -0.2) is 7.05 Å². The third-order valence-electron chi connectivity index (χ3n) is 1.44. The smallest absolute Gasteiger partial charge is 0.109 e. The van der Waals surface area contributed by atoms with Crippen molar-refractivity contribution >= 4 is 5.69 Å². The average Bonchev–Trinajstić information content (AvgIpc) is 2.04. The molecule has 0 unspecified atom stereocenters. The van der Waals surface area contributed by atoms with Gasteiger partial charge in [0.25, 0.3) is 0 Å². The highest BCUT2D eigenvalue weighted by molar-refractivity contribution is 5.49. The molecule has 0 atom stereocenters. The molecule has 0 aromatic heterocycles. The first-order valence-corrected chi connectivity index (χ1v) is 3.22. The summed E-state index contributed by atoms with van der Waals surface area (Å²) < 4.78 is 0. The Morgan fingerprint density at radius 3 is 2.60 bits per heavy atom. The minimum absolute atomic E-state index is 0.156. The van der Waals surface area contributed by atoms with Crippen LogP contribution in [-0.2, 0) is 11.7 Å². The maximum atomic E-state index is 10.5. The molecule has 1 rings (SSSR count). The summed E-state index contributed by atoms with van der Waals surface area (Å²) in [5, 5.41) is 13.4. The number of nitrogens with one attached hydrogen (secondary N) is 1. The predicted molar refractivity (Wildman–Crippen MR) is 40.4 cm³/mol. The molecule has 1 aromatic rings. The summed E-state index contributed by atoms with van der Waals surface area (Å²) in [7, 11) is 1.81. The third-order valence-corrected chi connectivity index (χ3v) is 1.44. The van der Waals surface area contributed by atoms with Gasteiger partial charge < -0.3 is 5.32 Å². The van der Waals surface area contributed by atoms with Gasteiger partial charge in [-0.2, -0.15) is 0 Å². The van der Waals surface area contributed by atoms with E-state index in [2.05, 4.69) is 5.32 Å². The van der Waals surface area contributed by atoms with Crippen molar-refractivity contribution in [3.63, 3.8) is 0 Å². The van der Waals surface area contributed by atoms with E-state index >= 15 is 0 Å². The van der Waals surface area contributed by atoms with Crippen LogP contribution in [0.15, 0.2) is 24.3 Å². The molecule has 10 heavy (non-hydrogen) atoms. The van der Waals surface area contributed by atoms with E-state index in [1.165, 1.54) is 0 Å². The van der Waals surface area contributed by atoms with Gasteiger partial charge in [0.15, 0.2) is 0 Å². The molecule has 1 aromatic carbocycles. The molecule has 0 bridgehead atoms. The second-order valence-corrected chi connectivity index (χ2v) is 2.05. The van der Waals surface area contributed by atoms with Crippen molar-refractivity contribution in [2.45, 2.75) is 6.61 Å². The lowest BCUT2D eigenvalue weighted by Gasteiger charge is -2.03. The van der Waals surface area contributed by atoms with E-state index in [0.717, 1.165) is 11.3 Å². The van der Waals surface area contributed by atoms with Crippen LogP contribution in [0.5, 0.6) is 0 Å². The molecule has 0 aliphatic carbocycles. The zero-order valence-corrected chi connectivity index (χ0v) is 5.92. The van der Waals surface area contributed by atoms with E-state index in [1.54, 1.807) is 0 Å². The summed E-state index contributed by atoms with van der Waals surface area (Å²) in [6.07, 6.45) is 0. The lowest BCUT2D eigenvalue weighted by molar-refractivity contribution is 0.178. The average molecular weight is 136 g/mol. The van der Waals surface area contributed by atoms with Crippen molar-refractivity contribution in [1.29, 1.82) is 0 Å². The quantitative estimate of drug-likeness (QED) is 0.658. The molecule has 53 valence electrons. The Morgan fingerprint density at radius 1 is 1.40 bits per heavy atom. The molecular weight excluding hydrogens is 126 g/mol. The van der Waals surface area contributed by atoms with Gasteiger partial charge in [0.1, 0.15) is 6.61 Å². The Morgan fingerprint density at radius 2 is 2.10 bits per heavy atom. The van der Waals surface area contributed by atoms with Gasteiger partial charge in [0.05, 0.1) is 0 Å². The van der Waals surface area contributed by atoms with Crippen molar-refractivity contribution in [3.05, 3.63) is 29.8 Å². The summed E-state index contributed by atoms with van der Waals surface area (Å²) in [5.41, 5.74) is 1.75. The first-order chi connectivity index (χ1) is 4.88. The highest BCUT2D eigenvalue weighted by Gasteiger charge is 1.95. The number of rotatable bonds is 2. The zero-order valence-electron chi connectivity index (χ0n) is 5.92. The van der Waals surface area contributed by atoms with Crippen LogP contribution < -0.4 is 5.32 Å². The predicted octanol–water partition coefficient (Wildman–Crippen LogP) is 1.66. The van der Waals surface area contributed by atoms with E-state index in [-0.39, 0.29) is 6.61 Å². The molecule has 0 aliphatic rings. The first-order valence-electron chi connectivity index (χ1n) is 3.22. The molecule has 2 nitrogen and oxygen atoms in total. The molecular formula is C8H10NO. The molecule has 0 aliphatic heterocycles. The Bertz CT molecular complexity index is 187. The standard InChI is InChI=1S/C8H10NO/c1-9-8-5-3-2-4-7(8)6-10/h2-5,9H,6H2,1H3. The Kier molecular flexibility index (Phi) is 2.29. The molecule has 2 heteroatoms. The lowest BCUT2D eigenvalue weighted by atomic mass is 10.2. The van der Waals surface area contributed by atoms with E-state index in [1.807, 2.05) is 31.3 Å². The fourth-order valence-corrected chi connectivity index (χ4v) is 0.890. The van der Waals surface area contributed by atoms with Crippen LogP contribution >= 0.6 is 0 Å². The van der Waals surface area contributed by atoms with Crippen LogP contribution in [0.3, 0.4) is 0 Å². The van der Waals surface area contributed by atoms with Crippen LogP contribution in [0.25, 0.3) is 0 Å². The molecule has 0 saturated heterocycles. The van der Waals surface area contributed by atoms with Gasteiger partial charge in [-0.25, -0.2) is 5.11 Å². The summed E-state index contributed by atoms with van der Waals surface area (Å²) >= 11 is 0. The van der Waals surface area contributed by atoms with Gasteiger partial charge in [-0.05, 0) is 6.07 Å². The van der Waals surface area contributed by atoms with Gasteiger partial charge in [-0.3, -0.25) is 0 Å². The normalized spacial score (nSPS) is 9.40. The fourth-order valence-electron chi connectivity index (χ4n) is 0.890.